The maximum atomic E-state index is 13.0. The predicted molar refractivity (Wildman–Crippen MR) is 101 cm³/mol. The van der Waals surface area contributed by atoms with Crippen molar-refractivity contribution in [1.29, 1.82) is 0 Å². The average Bonchev–Trinajstić information content (AvgIpc) is 3.13. The zero-order valence-electron chi connectivity index (χ0n) is 15.2. The molecule has 27 heavy (non-hydrogen) atoms. The fraction of sp³-hybridized carbons (Fsp3) is 0.333. The number of amides is 1. The SMILES string of the molecule is C[C@@H](C(=O)N1CCC(Oc2ccc(F)cc2)CC1)n1cnc2ccccc21. The van der Waals surface area contributed by atoms with Crippen LogP contribution in [0.2, 0.25) is 0 Å². The summed E-state index contributed by atoms with van der Waals surface area (Å²) in [5.41, 5.74) is 1.86. The van der Waals surface area contributed by atoms with E-state index in [1.165, 1.54) is 12.1 Å². The van der Waals surface area contributed by atoms with Crippen LogP contribution in [0.15, 0.2) is 54.9 Å². The van der Waals surface area contributed by atoms with Gasteiger partial charge in [-0.3, -0.25) is 4.79 Å². The molecule has 4 rings (SSSR count). The summed E-state index contributed by atoms with van der Waals surface area (Å²) in [7, 11) is 0. The lowest BCUT2D eigenvalue weighted by Gasteiger charge is -2.34. The number of carbonyl (C=O) groups is 1. The first-order valence-corrected chi connectivity index (χ1v) is 9.24. The number of halogens is 1. The van der Waals surface area contributed by atoms with E-state index in [9.17, 15) is 9.18 Å². The number of benzene rings is 2. The van der Waals surface area contributed by atoms with E-state index < -0.39 is 0 Å². The number of imidazole rings is 1. The number of rotatable bonds is 4. The molecule has 0 aliphatic carbocycles. The van der Waals surface area contributed by atoms with E-state index in [-0.39, 0.29) is 23.9 Å². The summed E-state index contributed by atoms with van der Waals surface area (Å²) in [6, 6.07) is 13.6. The highest BCUT2D eigenvalue weighted by Crippen LogP contribution is 2.23. The predicted octanol–water partition coefficient (Wildman–Crippen LogP) is 3.81. The van der Waals surface area contributed by atoms with E-state index >= 15 is 0 Å². The molecule has 0 bridgehead atoms. The number of carbonyl (C=O) groups excluding carboxylic acids is 1. The van der Waals surface area contributed by atoms with Crippen LogP contribution in [-0.4, -0.2) is 39.6 Å². The van der Waals surface area contributed by atoms with Crippen molar-refractivity contribution in [3.8, 4) is 5.75 Å². The van der Waals surface area contributed by atoms with Crippen molar-refractivity contribution in [2.75, 3.05) is 13.1 Å². The maximum absolute atomic E-state index is 13.0. The second kappa shape index (κ2) is 7.39. The van der Waals surface area contributed by atoms with Gasteiger partial charge in [0.25, 0.3) is 0 Å². The number of para-hydroxylation sites is 2. The van der Waals surface area contributed by atoms with Gasteiger partial charge in [0.15, 0.2) is 0 Å². The van der Waals surface area contributed by atoms with Crippen LogP contribution in [0.4, 0.5) is 4.39 Å². The fourth-order valence-electron chi connectivity index (χ4n) is 3.57. The minimum Gasteiger partial charge on any atom is -0.490 e. The van der Waals surface area contributed by atoms with Crippen molar-refractivity contribution in [2.45, 2.75) is 31.9 Å². The lowest BCUT2D eigenvalue weighted by atomic mass is 10.1. The molecule has 0 unspecified atom stereocenters. The molecular weight excluding hydrogens is 345 g/mol. The number of ether oxygens (including phenoxy) is 1. The summed E-state index contributed by atoms with van der Waals surface area (Å²) < 4.78 is 20.8. The van der Waals surface area contributed by atoms with Crippen LogP contribution >= 0.6 is 0 Å². The molecule has 0 N–H and O–H groups in total. The normalized spacial score (nSPS) is 16.4. The Bertz CT molecular complexity index is 930. The molecule has 2 heterocycles. The van der Waals surface area contributed by atoms with Gasteiger partial charge in [0, 0.05) is 25.9 Å². The third kappa shape index (κ3) is 3.65. The van der Waals surface area contributed by atoms with Gasteiger partial charge in [0.05, 0.1) is 17.4 Å². The summed E-state index contributed by atoms with van der Waals surface area (Å²) in [6.07, 6.45) is 3.31. The lowest BCUT2D eigenvalue weighted by molar-refractivity contribution is -0.136. The van der Waals surface area contributed by atoms with Crippen molar-refractivity contribution in [1.82, 2.24) is 14.5 Å². The van der Waals surface area contributed by atoms with Gasteiger partial charge in [-0.1, -0.05) is 12.1 Å². The summed E-state index contributed by atoms with van der Waals surface area (Å²) in [6.45, 7) is 3.22. The molecule has 0 spiro atoms. The van der Waals surface area contributed by atoms with Crippen molar-refractivity contribution in [3.05, 3.63) is 60.7 Å². The van der Waals surface area contributed by atoms with Gasteiger partial charge >= 0.3 is 0 Å². The van der Waals surface area contributed by atoms with Gasteiger partial charge in [0.1, 0.15) is 23.7 Å². The number of aromatic nitrogens is 2. The average molecular weight is 367 g/mol. The molecule has 6 heteroatoms. The molecule has 0 radical (unpaired) electrons. The van der Waals surface area contributed by atoms with Gasteiger partial charge in [-0.15, -0.1) is 0 Å². The molecule has 1 atom stereocenters. The second-order valence-corrected chi connectivity index (χ2v) is 6.91. The van der Waals surface area contributed by atoms with Crippen LogP contribution in [0, 0.1) is 5.82 Å². The largest absolute Gasteiger partial charge is 0.490 e. The Balaban J connectivity index is 1.37. The van der Waals surface area contributed by atoms with Crippen LogP contribution in [-0.2, 0) is 4.79 Å². The Morgan fingerprint density at radius 3 is 2.59 bits per heavy atom. The highest BCUT2D eigenvalue weighted by atomic mass is 19.1. The number of piperidine rings is 1. The van der Waals surface area contributed by atoms with Crippen LogP contribution in [0.1, 0.15) is 25.8 Å². The van der Waals surface area contributed by atoms with E-state index in [1.807, 2.05) is 40.7 Å². The summed E-state index contributed by atoms with van der Waals surface area (Å²) >= 11 is 0. The van der Waals surface area contributed by atoms with Crippen molar-refractivity contribution in [3.63, 3.8) is 0 Å². The number of hydrogen-bond acceptors (Lipinski definition) is 3. The smallest absolute Gasteiger partial charge is 0.245 e. The zero-order chi connectivity index (χ0) is 18.8. The Morgan fingerprint density at radius 2 is 1.85 bits per heavy atom. The Kier molecular flexibility index (Phi) is 4.79. The maximum Gasteiger partial charge on any atom is 0.245 e. The number of nitrogens with zero attached hydrogens (tertiary/aromatic N) is 3. The highest BCUT2D eigenvalue weighted by molar-refractivity contribution is 5.83. The number of fused-ring (bicyclic) bond motifs is 1. The number of hydrogen-bond donors (Lipinski definition) is 0. The third-order valence-corrected chi connectivity index (χ3v) is 5.13. The molecule has 1 aliphatic heterocycles. The quantitative estimate of drug-likeness (QED) is 0.705. The molecule has 1 fully saturated rings. The fourth-order valence-corrected chi connectivity index (χ4v) is 3.57. The van der Waals surface area contributed by atoms with E-state index in [2.05, 4.69) is 4.98 Å². The molecule has 0 saturated carbocycles. The molecule has 1 aliphatic rings. The van der Waals surface area contributed by atoms with E-state index in [4.69, 9.17) is 4.74 Å². The molecule has 1 aromatic heterocycles. The van der Waals surface area contributed by atoms with Crippen LogP contribution in [0.25, 0.3) is 11.0 Å². The summed E-state index contributed by atoms with van der Waals surface area (Å²) in [4.78, 5) is 19.2. The summed E-state index contributed by atoms with van der Waals surface area (Å²) in [5.74, 6) is 0.488. The molecule has 140 valence electrons. The summed E-state index contributed by atoms with van der Waals surface area (Å²) in [5, 5.41) is 0. The second-order valence-electron chi connectivity index (χ2n) is 6.91. The van der Waals surface area contributed by atoms with Crippen molar-refractivity contribution < 1.29 is 13.9 Å². The highest BCUT2D eigenvalue weighted by Gasteiger charge is 2.28. The minimum absolute atomic E-state index is 0.0453. The number of likely N-dealkylation sites (tertiary alicyclic amines) is 1. The molecule has 1 saturated heterocycles. The zero-order valence-corrected chi connectivity index (χ0v) is 15.2. The van der Waals surface area contributed by atoms with Crippen molar-refractivity contribution in [2.24, 2.45) is 0 Å². The lowest BCUT2D eigenvalue weighted by Crippen LogP contribution is -2.44. The van der Waals surface area contributed by atoms with E-state index in [1.54, 1.807) is 18.5 Å². The first kappa shape index (κ1) is 17.5. The van der Waals surface area contributed by atoms with Crippen molar-refractivity contribution >= 4 is 16.9 Å². The topological polar surface area (TPSA) is 47.4 Å². The molecule has 3 aromatic rings. The van der Waals surface area contributed by atoms with Crippen LogP contribution in [0.5, 0.6) is 5.75 Å². The third-order valence-electron chi connectivity index (χ3n) is 5.13. The Labute approximate surface area is 157 Å². The first-order chi connectivity index (χ1) is 13.1. The van der Waals surface area contributed by atoms with Gasteiger partial charge in [-0.2, -0.15) is 0 Å². The Morgan fingerprint density at radius 1 is 1.15 bits per heavy atom. The molecule has 1 amide bonds. The first-order valence-electron chi connectivity index (χ1n) is 9.24. The van der Waals surface area contributed by atoms with Crippen LogP contribution in [0.3, 0.4) is 0 Å². The molecule has 2 aromatic carbocycles. The van der Waals surface area contributed by atoms with E-state index in [0.29, 0.717) is 18.8 Å². The molecular formula is C21H22FN3O2. The minimum atomic E-state index is -0.299. The van der Waals surface area contributed by atoms with Crippen LogP contribution < -0.4 is 4.74 Å². The van der Waals surface area contributed by atoms with E-state index in [0.717, 1.165) is 23.9 Å². The van der Waals surface area contributed by atoms with Gasteiger partial charge in [-0.05, 0) is 43.3 Å². The molecule has 5 nitrogen and oxygen atoms in total. The van der Waals surface area contributed by atoms with Gasteiger partial charge < -0.3 is 14.2 Å². The standard InChI is InChI=1S/C21H22FN3O2/c1-15(25-14-23-19-4-2-3-5-20(19)25)21(26)24-12-10-18(11-13-24)27-17-8-6-16(22)7-9-17/h2-9,14-15,18H,10-13H2,1H3/t15-/m0/s1. The Hall–Kier alpha value is -2.89. The van der Waals surface area contributed by atoms with Gasteiger partial charge in [0.2, 0.25) is 5.91 Å². The van der Waals surface area contributed by atoms with Gasteiger partial charge in [-0.25, -0.2) is 9.37 Å². The monoisotopic (exact) mass is 367 g/mol.